The predicted molar refractivity (Wildman–Crippen MR) is 52.4 cm³/mol. The van der Waals surface area contributed by atoms with E-state index in [2.05, 4.69) is 11.3 Å². The fraction of sp³-hybridized carbons (Fsp3) is 0.556. The van der Waals surface area contributed by atoms with Crippen LogP contribution in [-0.4, -0.2) is 68.5 Å². The van der Waals surface area contributed by atoms with Crippen LogP contribution < -0.4 is 0 Å². The van der Waals surface area contributed by atoms with E-state index in [0.29, 0.717) is 6.08 Å². The maximum absolute atomic E-state index is 11.0. The summed E-state index contributed by atoms with van der Waals surface area (Å²) >= 11 is 0. The van der Waals surface area contributed by atoms with Crippen molar-refractivity contribution in [1.82, 2.24) is 0 Å². The monoisotopic (exact) mass is 250 g/mol. The van der Waals surface area contributed by atoms with Crippen molar-refractivity contribution < 1.29 is 39.9 Å². The second-order valence-electron chi connectivity index (χ2n) is 3.12. The second-order valence-corrected chi connectivity index (χ2v) is 3.12. The number of aliphatic hydroxyl groups is 5. The Morgan fingerprint density at radius 1 is 1.18 bits per heavy atom. The van der Waals surface area contributed by atoms with E-state index in [0.717, 1.165) is 0 Å². The Labute approximate surface area is 96.4 Å². The van der Waals surface area contributed by atoms with Crippen molar-refractivity contribution in [1.29, 1.82) is 0 Å². The van der Waals surface area contributed by atoms with Crippen LogP contribution in [0.2, 0.25) is 0 Å². The van der Waals surface area contributed by atoms with Gasteiger partial charge >= 0.3 is 11.9 Å². The van der Waals surface area contributed by atoms with Gasteiger partial charge in [-0.1, -0.05) is 6.58 Å². The SMILES string of the molecule is C=CC(=O)OC(=O)C(O)C(O)C(O)C(O)CO. The van der Waals surface area contributed by atoms with Crippen LogP contribution in [-0.2, 0) is 14.3 Å². The molecule has 0 saturated carbocycles. The fourth-order valence-electron chi connectivity index (χ4n) is 0.863. The molecule has 0 spiro atoms. The molecule has 0 aliphatic heterocycles. The van der Waals surface area contributed by atoms with E-state index in [4.69, 9.17) is 15.3 Å². The van der Waals surface area contributed by atoms with Crippen molar-refractivity contribution >= 4 is 11.9 Å². The van der Waals surface area contributed by atoms with Crippen LogP contribution in [0.15, 0.2) is 12.7 Å². The highest BCUT2D eigenvalue weighted by Gasteiger charge is 2.35. The van der Waals surface area contributed by atoms with E-state index < -0.39 is 43.0 Å². The zero-order valence-corrected chi connectivity index (χ0v) is 8.76. The third-order valence-electron chi connectivity index (χ3n) is 1.86. The van der Waals surface area contributed by atoms with Gasteiger partial charge in [-0.05, 0) is 0 Å². The molecule has 0 fully saturated rings. The minimum absolute atomic E-state index is 0.663. The minimum Gasteiger partial charge on any atom is -0.394 e. The van der Waals surface area contributed by atoms with Gasteiger partial charge in [0.25, 0.3) is 0 Å². The van der Waals surface area contributed by atoms with E-state index in [9.17, 15) is 19.8 Å². The molecule has 0 radical (unpaired) electrons. The third-order valence-corrected chi connectivity index (χ3v) is 1.86. The van der Waals surface area contributed by atoms with Gasteiger partial charge in [0, 0.05) is 6.08 Å². The molecule has 5 N–H and O–H groups in total. The molecule has 0 rings (SSSR count). The average molecular weight is 250 g/mol. The van der Waals surface area contributed by atoms with Gasteiger partial charge in [-0.15, -0.1) is 0 Å². The molecule has 8 nitrogen and oxygen atoms in total. The maximum Gasteiger partial charge on any atom is 0.345 e. The molecule has 0 saturated heterocycles. The van der Waals surface area contributed by atoms with Gasteiger partial charge in [0.05, 0.1) is 6.61 Å². The number of carbonyl (C=O) groups excluding carboxylic acids is 2. The highest BCUT2D eigenvalue weighted by atomic mass is 16.6. The molecular weight excluding hydrogens is 236 g/mol. The van der Waals surface area contributed by atoms with Crippen LogP contribution in [0.25, 0.3) is 0 Å². The molecule has 8 heteroatoms. The van der Waals surface area contributed by atoms with Crippen molar-refractivity contribution in [3.63, 3.8) is 0 Å². The molecule has 0 aromatic rings. The zero-order chi connectivity index (χ0) is 13.6. The van der Waals surface area contributed by atoms with E-state index >= 15 is 0 Å². The molecule has 98 valence electrons. The number of rotatable bonds is 6. The molecule has 0 aromatic heterocycles. The van der Waals surface area contributed by atoms with Gasteiger partial charge in [-0.25, -0.2) is 9.59 Å². The average Bonchev–Trinajstić information content (AvgIpc) is 2.34. The predicted octanol–water partition coefficient (Wildman–Crippen LogP) is -3.32. The first kappa shape index (κ1) is 15.7. The molecule has 0 bridgehead atoms. The largest absolute Gasteiger partial charge is 0.394 e. The lowest BCUT2D eigenvalue weighted by atomic mass is 10.0. The van der Waals surface area contributed by atoms with E-state index in [1.165, 1.54) is 0 Å². The normalized spacial score (nSPS) is 17.7. The van der Waals surface area contributed by atoms with Gasteiger partial charge in [0.15, 0.2) is 6.10 Å². The first-order chi connectivity index (χ1) is 7.84. The van der Waals surface area contributed by atoms with Crippen LogP contribution in [0.3, 0.4) is 0 Å². The highest BCUT2D eigenvalue weighted by molar-refractivity contribution is 5.93. The Bertz CT molecular complexity index is 289. The van der Waals surface area contributed by atoms with E-state index in [1.54, 1.807) is 0 Å². The van der Waals surface area contributed by atoms with E-state index in [1.807, 2.05) is 0 Å². The van der Waals surface area contributed by atoms with Crippen molar-refractivity contribution in [3.05, 3.63) is 12.7 Å². The van der Waals surface area contributed by atoms with Crippen LogP contribution in [0.4, 0.5) is 0 Å². The Hall–Kier alpha value is -1.32. The van der Waals surface area contributed by atoms with Crippen LogP contribution in [0.5, 0.6) is 0 Å². The van der Waals surface area contributed by atoms with Crippen LogP contribution >= 0.6 is 0 Å². The summed E-state index contributed by atoms with van der Waals surface area (Å²) in [6.45, 7) is 2.12. The Balaban J connectivity index is 4.48. The summed E-state index contributed by atoms with van der Waals surface area (Å²) in [5.41, 5.74) is 0. The zero-order valence-electron chi connectivity index (χ0n) is 8.76. The molecule has 0 aliphatic rings. The summed E-state index contributed by atoms with van der Waals surface area (Å²) in [4.78, 5) is 21.6. The molecule has 17 heavy (non-hydrogen) atoms. The summed E-state index contributed by atoms with van der Waals surface area (Å²) in [6, 6.07) is 0. The molecule has 0 amide bonds. The van der Waals surface area contributed by atoms with Crippen molar-refractivity contribution in [2.75, 3.05) is 6.61 Å². The van der Waals surface area contributed by atoms with Gasteiger partial charge < -0.3 is 30.3 Å². The minimum atomic E-state index is -2.24. The molecule has 4 unspecified atom stereocenters. The number of hydrogen-bond acceptors (Lipinski definition) is 8. The van der Waals surface area contributed by atoms with Crippen LogP contribution in [0, 0.1) is 0 Å². The topological polar surface area (TPSA) is 145 Å². The Morgan fingerprint density at radius 2 is 1.71 bits per heavy atom. The summed E-state index contributed by atoms with van der Waals surface area (Å²) < 4.78 is 3.98. The van der Waals surface area contributed by atoms with Gasteiger partial charge in [0.2, 0.25) is 0 Å². The number of ether oxygens (including phenoxy) is 1. The lowest BCUT2D eigenvalue weighted by molar-refractivity contribution is -0.174. The van der Waals surface area contributed by atoms with Crippen molar-refractivity contribution in [2.24, 2.45) is 0 Å². The van der Waals surface area contributed by atoms with Gasteiger partial charge in [-0.3, -0.25) is 0 Å². The van der Waals surface area contributed by atoms with Gasteiger partial charge in [0.1, 0.15) is 18.3 Å². The Kier molecular flexibility index (Phi) is 6.54. The lowest BCUT2D eigenvalue weighted by Crippen LogP contribution is -2.49. The maximum atomic E-state index is 11.0. The number of hydrogen-bond donors (Lipinski definition) is 5. The molecule has 0 aliphatic carbocycles. The quantitative estimate of drug-likeness (QED) is 0.187. The second kappa shape index (κ2) is 7.09. The standard InChI is InChI=1S/C9H14O8/c1-2-5(12)17-9(16)8(15)7(14)6(13)4(11)3-10/h2,4,6-8,10-11,13-15H,1,3H2. The summed E-state index contributed by atoms with van der Waals surface area (Å²) in [7, 11) is 0. The first-order valence-corrected chi connectivity index (χ1v) is 4.56. The highest BCUT2D eigenvalue weighted by Crippen LogP contribution is 2.06. The van der Waals surface area contributed by atoms with E-state index in [-0.39, 0.29) is 0 Å². The summed E-state index contributed by atoms with van der Waals surface area (Å²) in [6.07, 6.45) is -7.41. The molecule has 4 atom stereocenters. The molecule has 0 aromatic carbocycles. The van der Waals surface area contributed by atoms with Crippen molar-refractivity contribution in [2.45, 2.75) is 24.4 Å². The first-order valence-electron chi connectivity index (χ1n) is 4.56. The fourth-order valence-corrected chi connectivity index (χ4v) is 0.863. The lowest BCUT2D eigenvalue weighted by Gasteiger charge is -2.23. The molecular formula is C9H14O8. The molecule has 0 heterocycles. The third kappa shape index (κ3) is 4.59. The van der Waals surface area contributed by atoms with Crippen LogP contribution in [0.1, 0.15) is 0 Å². The number of esters is 2. The summed E-state index contributed by atoms with van der Waals surface area (Å²) in [5, 5.41) is 45.0. The number of aliphatic hydroxyl groups excluding tert-OH is 5. The Morgan fingerprint density at radius 3 is 2.12 bits per heavy atom. The number of carbonyl (C=O) groups is 2. The summed E-state index contributed by atoms with van der Waals surface area (Å²) in [5.74, 6) is -2.65. The van der Waals surface area contributed by atoms with Gasteiger partial charge in [-0.2, -0.15) is 0 Å². The smallest absolute Gasteiger partial charge is 0.345 e. The van der Waals surface area contributed by atoms with Crippen molar-refractivity contribution in [3.8, 4) is 0 Å².